The number of carbonyl (C=O) groups is 1. The van der Waals surface area contributed by atoms with Crippen LogP contribution in [0.1, 0.15) is 19.8 Å². The van der Waals surface area contributed by atoms with Crippen molar-refractivity contribution in [2.24, 2.45) is 11.7 Å². The molecule has 0 aromatic carbocycles. The smallest absolute Gasteiger partial charge is 0.404 e. The van der Waals surface area contributed by atoms with Gasteiger partial charge >= 0.3 is 6.09 Å². The monoisotopic (exact) mass is 172 g/mol. The van der Waals surface area contributed by atoms with Crippen molar-refractivity contribution in [1.29, 1.82) is 0 Å². The topological polar surface area (TPSA) is 64.3 Å². The molecule has 0 aromatic rings. The molecule has 0 saturated carbocycles. The predicted molar refractivity (Wildman–Crippen MR) is 45.7 cm³/mol. The van der Waals surface area contributed by atoms with Crippen LogP contribution < -0.4 is 11.1 Å². The first-order chi connectivity index (χ1) is 5.70. The third-order valence-electron chi connectivity index (χ3n) is 2.35. The first kappa shape index (κ1) is 9.32. The highest BCUT2D eigenvalue weighted by atomic mass is 16.6. The van der Waals surface area contributed by atoms with E-state index in [1.807, 2.05) is 6.92 Å². The number of piperidine rings is 1. The molecule has 70 valence electrons. The molecule has 4 heteroatoms. The average molecular weight is 172 g/mol. The fourth-order valence-electron chi connectivity index (χ4n) is 1.59. The summed E-state index contributed by atoms with van der Waals surface area (Å²) < 4.78 is 4.90. The van der Waals surface area contributed by atoms with E-state index in [1.165, 1.54) is 0 Å². The number of nitrogens with one attached hydrogen (secondary N) is 1. The van der Waals surface area contributed by atoms with Gasteiger partial charge < -0.3 is 15.8 Å². The second-order valence-corrected chi connectivity index (χ2v) is 3.23. The summed E-state index contributed by atoms with van der Waals surface area (Å²) >= 11 is 0. The Morgan fingerprint density at radius 2 is 2.17 bits per heavy atom. The van der Waals surface area contributed by atoms with Gasteiger partial charge in [0.1, 0.15) is 6.10 Å². The molecule has 0 spiro atoms. The van der Waals surface area contributed by atoms with Crippen LogP contribution in [-0.2, 0) is 4.74 Å². The molecule has 0 radical (unpaired) electrons. The minimum atomic E-state index is -0.666. The van der Waals surface area contributed by atoms with Gasteiger partial charge in [-0.05, 0) is 38.8 Å². The number of carbonyl (C=O) groups excluding carboxylic acids is 1. The lowest BCUT2D eigenvalue weighted by atomic mass is 9.93. The molecular formula is C8H16N2O2. The van der Waals surface area contributed by atoms with Gasteiger partial charge in [0.25, 0.3) is 0 Å². The van der Waals surface area contributed by atoms with Gasteiger partial charge in [-0.2, -0.15) is 0 Å². The summed E-state index contributed by atoms with van der Waals surface area (Å²) in [6, 6.07) is 0. The Labute approximate surface area is 72.5 Å². The lowest BCUT2D eigenvalue weighted by Crippen LogP contribution is -2.35. The normalized spacial score (nSPS) is 21.8. The van der Waals surface area contributed by atoms with Gasteiger partial charge in [0, 0.05) is 0 Å². The van der Waals surface area contributed by atoms with Crippen molar-refractivity contribution in [3.8, 4) is 0 Å². The maximum atomic E-state index is 10.4. The molecule has 1 amide bonds. The van der Waals surface area contributed by atoms with Crippen LogP contribution in [0.15, 0.2) is 0 Å². The molecule has 12 heavy (non-hydrogen) atoms. The van der Waals surface area contributed by atoms with Gasteiger partial charge in [0.2, 0.25) is 0 Å². The van der Waals surface area contributed by atoms with Gasteiger partial charge in [0.05, 0.1) is 0 Å². The van der Waals surface area contributed by atoms with Crippen LogP contribution >= 0.6 is 0 Å². The Bertz CT molecular complexity index is 155. The summed E-state index contributed by atoms with van der Waals surface area (Å²) in [4.78, 5) is 10.4. The maximum absolute atomic E-state index is 10.4. The second kappa shape index (κ2) is 4.30. The molecule has 0 aliphatic carbocycles. The summed E-state index contributed by atoms with van der Waals surface area (Å²) in [6.45, 7) is 3.93. The highest BCUT2D eigenvalue weighted by molar-refractivity contribution is 5.64. The van der Waals surface area contributed by atoms with E-state index < -0.39 is 6.09 Å². The standard InChI is InChI=1S/C8H16N2O2/c1-6(12-8(9)11)7-2-4-10-5-3-7/h6-7,10H,2-5H2,1H3,(H2,9,11). The molecule has 1 rings (SSSR count). The van der Waals surface area contributed by atoms with Gasteiger partial charge in [0.15, 0.2) is 0 Å². The zero-order chi connectivity index (χ0) is 8.97. The van der Waals surface area contributed by atoms with Crippen LogP contribution in [0.2, 0.25) is 0 Å². The Morgan fingerprint density at radius 1 is 1.58 bits per heavy atom. The van der Waals surface area contributed by atoms with E-state index in [-0.39, 0.29) is 6.10 Å². The molecule has 1 aliphatic rings. The first-order valence-corrected chi connectivity index (χ1v) is 4.37. The van der Waals surface area contributed by atoms with Crippen molar-refractivity contribution in [3.63, 3.8) is 0 Å². The first-order valence-electron chi connectivity index (χ1n) is 4.37. The molecule has 0 bridgehead atoms. The summed E-state index contributed by atoms with van der Waals surface area (Å²) in [5, 5.41) is 3.25. The third-order valence-corrected chi connectivity index (χ3v) is 2.35. The van der Waals surface area contributed by atoms with Gasteiger partial charge in [-0.15, -0.1) is 0 Å². The highest BCUT2D eigenvalue weighted by Gasteiger charge is 2.21. The molecule has 1 fully saturated rings. The number of hydrogen-bond acceptors (Lipinski definition) is 3. The van der Waals surface area contributed by atoms with E-state index in [0.29, 0.717) is 5.92 Å². The van der Waals surface area contributed by atoms with E-state index >= 15 is 0 Å². The van der Waals surface area contributed by atoms with Gasteiger partial charge in [-0.25, -0.2) is 4.79 Å². The van der Waals surface area contributed by atoms with Crippen LogP contribution in [0.4, 0.5) is 4.79 Å². The number of amides is 1. The van der Waals surface area contributed by atoms with Gasteiger partial charge in [-0.1, -0.05) is 0 Å². The molecule has 1 unspecified atom stereocenters. The Morgan fingerprint density at radius 3 is 2.67 bits per heavy atom. The molecule has 4 nitrogen and oxygen atoms in total. The molecule has 1 aliphatic heterocycles. The maximum Gasteiger partial charge on any atom is 0.404 e. The molecule has 3 N–H and O–H groups in total. The summed E-state index contributed by atoms with van der Waals surface area (Å²) in [7, 11) is 0. The van der Waals surface area contributed by atoms with E-state index in [1.54, 1.807) is 0 Å². The highest BCUT2D eigenvalue weighted by Crippen LogP contribution is 2.18. The lowest BCUT2D eigenvalue weighted by Gasteiger charge is -2.27. The number of ether oxygens (including phenoxy) is 1. The summed E-state index contributed by atoms with van der Waals surface area (Å²) in [5.41, 5.74) is 4.92. The number of nitrogens with two attached hydrogens (primary N) is 1. The van der Waals surface area contributed by atoms with E-state index in [4.69, 9.17) is 10.5 Å². The largest absolute Gasteiger partial charge is 0.446 e. The van der Waals surface area contributed by atoms with Crippen LogP contribution in [-0.4, -0.2) is 25.3 Å². The fraction of sp³-hybridized carbons (Fsp3) is 0.875. The number of rotatable bonds is 2. The molecular weight excluding hydrogens is 156 g/mol. The van der Waals surface area contributed by atoms with E-state index in [2.05, 4.69) is 5.32 Å². The molecule has 1 atom stereocenters. The fourth-order valence-corrected chi connectivity index (χ4v) is 1.59. The Kier molecular flexibility index (Phi) is 3.34. The number of primary amides is 1. The quantitative estimate of drug-likeness (QED) is 0.636. The van der Waals surface area contributed by atoms with E-state index in [9.17, 15) is 4.79 Å². The zero-order valence-electron chi connectivity index (χ0n) is 7.38. The van der Waals surface area contributed by atoms with Crippen molar-refractivity contribution in [3.05, 3.63) is 0 Å². The SMILES string of the molecule is CC(OC(N)=O)C1CCNCC1. The average Bonchev–Trinajstić information content (AvgIpc) is 2.05. The van der Waals surface area contributed by atoms with Crippen LogP contribution in [0.3, 0.4) is 0 Å². The summed E-state index contributed by atoms with van der Waals surface area (Å²) in [5.74, 6) is 0.471. The molecule has 0 aromatic heterocycles. The number of hydrogen-bond donors (Lipinski definition) is 2. The lowest BCUT2D eigenvalue weighted by molar-refractivity contribution is 0.0685. The third kappa shape index (κ3) is 2.70. The van der Waals surface area contributed by atoms with Crippen LogP contribution in [0.25, 0.3) is 0 Å². The van der Waals surface area contributed by atoms with Crippen LogP contribution in [0.5, 0.6) is 0 Å². The van der Waals surface area contributed by atoms with Crippen molar-refractivity contribution in [2.75, 3.05) is 13.1 Å². The van der Waals surface area contributed by atoms with Crippen molar-refractivity contribution >= 4 is 6.09 Å². The predicted octanol–water partition coefficient (Wildman–Crippen LogP) is 0.470. The Hall–Kier alpha value is -0.770. The van der Waals surface area contributed by atoms with Gasteiger partial charge in [-0.3, -0.25) is 0 Å². The van der Waals surface area contributed by atoms with Crippen LogP contribution in [0, 0.1) is 5.92 Å². The van der Waals surface area contributed by atoms with Crippen molar-refractivity contribution in [1.82, 2.24) is 5.32 Å². The molecule has 1 heterocycles. The Balaban J connectivity index is 2.29. The summed E-state index contributed by atoms with van der Waals surface area (Å²) in [6.07, 6.45) is 1.42. The second-order valence-electron chi connectivity index (χ2n) is 3.23. The van der Waals surface area contributed by atoms with Crippen molar-refractivity contribution < 1.29 is 9.53 Å². The zero-order valence-corrected chi connectivity index (χ0v) is 7.38. The van der Waals surface area contributed by atoms with Crippen molar-refractivity contribution in [2.45, 2.75) is 25.9 Å². The minimum Gasteiger partial charge on any atom is -0.446 e. The molecule has 1 saturated heterocycles. The minimum absolute atomic E-state index is 0.0374. The van der Waals surface area contributed by atoms with E-state index in [0.717, 1.165) is 25.9 Å².